The molecule has 30 heavy (non-hydrogen) atoms. The van der Waals surface area contributed by atoms with Crippen molar-refractivity contribution in [1.29, 1.82) is 0 Å². The molecule has 0 aliphatic carbocycles. The van der Waals surface area contributed by atoms with Gasteiger partial charge in [0.05, 0.1) is 5.56 Å². The van der Waals surface area contributed by atoms with Gasteiger partial charge in [-0.25, -0.2) is 9.37 Å². The highest BCUT2D eigenvalue weighted by atomic mass is 19.1. The fourth-order valence-electron chi connectivity index (χ4n) is 3.42. The predicted octanol–water partition coefficient (Wildman–Crippen LogP) is 5.83. The van der Waals surface area contributed by atoms with Crippen LogP contribution in [0.1, 0.15) is 24.2 Å². The number of aromatic nitrogens is 2. The zero-order valence-electron chi connectivity index (χ0n) is 16.9. The summed E-state index contributed by atoms with van der Waals surface area (Å²) in [7, 11) is 0. The summed E-state index contributed by atoms with van der Waals surface area (Å²) in [5, 5.41) is 7.02. The van der Waals surface area contributed by atoms with Crippen molar-refractivity contribution in [3.8, 4) is 0 Å². The van der Waals surface area contributed by atoms with Crippen LogP contribution < -0.4 is 10.6 Å². The zero-order valence-corrected chi connectivity index (χ0v) is 16.9. The van der Waals surface area contributed by atoms with Crippen molar-refractivity contribution >= 4 is 34.0 Å². The number of nitrogens with one attached hydrogen (secondary N) is 2. The van der Waals surface area contributed by atoms with Crippen molar-refractivity contribution < 1.29 is 9.18 Å². The minimum absolute atomic E-state index is 0.289. The third-order valence-electron chi connectivity index (χ3n) is 4.73. The molecule has 0 unspecified atom stereocenters. The average Bonchev–Trinajstić information content (AvgIpc) is 3.10. The molecule has 0 radical (unpaired) electrons. The molecule has 0 aliphatic rings. The van der Waals surface area contributed by atoms with Gasteiger partial charge in [0.2, 0.25) is 0 Å². The van der Waals surface area contributed by atoms with Crippen LogP contribution in [0, 0.1) is 11.7 Å². The summed E-state index contributed by atoms with van der Waals surface area (Å²) >= 11 is 0. The number of anilines is 3. The van der Waals surface area contributed by atoms with Crippen molar-refractivity contribution in [1.82, 2.24) is 9.55 Å². The maximum Gasteiger partial charge on any atom is 0.259 e. The van der Waals surface area contributed by atoms with Crippen molar-refractivity contribution in [3.63, 3.8) is 0 Å². The first-order chi connectivity index (χ1) is 14.5. The number of rotatable bonds is 6. The summed E-state index contributed by atoms with van der Waals surface area (Å²) in [6.45, 7) is 5.31. The van der Waals surface area contributed by atoms with E-state index < -0.39 is 0 Å². The fourth-order valence-corrected chi connectivity index (χ4v) is 3.42. The number of benzene rings is 2. The number of carbonyl (C=O) groups is 1. The Kier molecular flexibility index (Phi) is 5.48. The van der Waals surface area contributed by atoms with Crippen molar-refractivity contribution in [2.45, 2.75) is 20.4 Å². The Balaban J connectivity index is 1.55. The van der Waals surface area contributed by atoms with E-state index in [1.54, 1.807) is 30.5 Å². The molecule has 2 heterocycles. The second-order valence-corrected chi connectivity index (χ2v) is 7.62. The van der Waals surface area contributed by atoms with Gasteiger partial charge in [0.25, 0.3) is 5.91 Å². The molecule has 5 nitrogen and oxygen atoms in total. The van der Waals surface area contributed by atoms with Gasteiger partial charge in [-0.2, -0.15) is 0 Å². The second-order valence-electron chi connectivity index (χ2n) is 7.62. The molecule has 0 aliphatic heterocycles. The predicted molar refractivity (Wildman–Crippen MR) is 119 cm³/mol. The van der Waals surface area contributed by atoms with Gasteiger partial charge < -0.3 is 15.2 Å². The van der Waals surface area contributed by atoms with Crippen LogP contribution in [0.4, 0.5) is 21.6 Å². The Hall–Kier alpha value is -3.67. The van der Waals surface area contributed by atoms with Crippen molar-refractivity contribution in [2.24, 2.45) is 5.92 Å². The van der Waals surface area contributed by atoms with Gasteiger partial charge in [0.15, 0.2) is 0 Å². The minimum Gasteiger partial charge on any atom is -0.347 e. The Morgan fingerprint density at radius 1 is 1.07 bits per heavy atom. The normalized spacial score (nSPS) is 11.1. The number of hydrogen-bond donors (Lipinski definition) is 2. The molecule has 152 valence electrons. The van der Waals surface area contributed by atoms with Gasteiger partial charge in [-0.3, -0.25) is 4.79 Å². The lowest BCUT2D eigenvalue weighted by Crippen LogP contribution is -2.14. The molecular weight excluding hydrogens is 379 g/mol. The van der Waals surface area contributed by atoms with Gasteiger partial charge in [0, 0.05) is 41.2 Å². The number of amides is 1. The Labute approximate surface area is 174 Å². The van der Waals surface area contributed by atoms with Crippen LogP contribution in [0.5, 0.6) is 0 Å². The molecule has 1 amide bonds. The highest BCUT2D eigenvalue weighted by molar-refractivity contribution is 6.08. The topological polar surface area (TPSA) is 59.0 Å². The second kappa shape index (κ2) is 8.37. The van der Waals surface area contributed by atoms with Gasteiger partial charge in [-0.15, -0.1) is 0 Å². The van der Waals surface area contributed by atoms with Crippen molar-refractivity contribution in [2.75, 3.05) is 10.6 Å². The molecule has 2 N–H and O–H groups in total. The van der Waals surface area contributed by atoms with E-state index in [2.05, 4.69) is 40.2 Å². The first-order valence-corrected chi connectivity index (χ1v) is 9.87. The summed E-state index contributed by atoms with van der Waals surface area (Å²) in [5.41, 5.74) is 2.74. The van der Waals surface area contributed by atoms with Crippen LogP contribution in [0.2, 0.25) is 0 Å². The third-order valence-corrected chi connectivity index (χ3v) is 4.73. The van der Waals surface area contributed by atoms with E-state index in [1.165, 1.54) is 12.1 Å². The number of halogens is 1. The van der Waals surface area contributed by atoms with Gasteiger partial charge in [0.1, 0.15) is 11.6 Å². The minimum atomic E-state index is -0.361. The fraction of sp³-hybridized carbons (Fsp3) is 0.167. The lowest BCUT2D eigenvalue weighted by molar-refractivity contribution is 0.102. The number of hydrogen-bond acceptors (Lipinski definition) is 3. The van der Waals surface area contributed by atoms with Gasteiger partial charge in [-0.05, 0) is 60.5 Å². The molecule has 6 heteroatoms. The standard InChI is InChI=1S/C24H23FN4O/c1-16(2)15-29-12-10-17-13-20(8-9-22(17)29)28-24(30)21-7-4-11-26-23(21)27-19-6-3-5-18(25)14-19/h3-14,16H,15H2,1-2H3,(H,26,27)(H,28,30). The molecule has 0 saturated heterocycles. The Bertz CT molecular complexity index is 1200. The molecule has 0 saturated carbocycles. The molecule has 4 rings (SSSR count). The Morgan fingerprint density at radius 2 is 1.93 bits per heavy atom. The SMILES string of the molecule is CC(C)Cn1ccc2cc(NC(=O)c3cccnc3Nc3cccc(F)c3)ccc21. The largest absolute Gasteiger partial charge is 0.347 e. The van der Waals surface area contributed by atoms with Crippen LogP contribution in [0.15, 0.2) is 73.1 Å². The number of nitrogens with zero attached hydrogens (tertiary/aromatic N) is 2. The number of fused-ring (bicyclic) bond motifs is 1. The van der Waals surface area contributed by atoms with Crippen LogP contribution in [-0.2, 0) is 6.54 Å². The summed E-state index contributed by atoms with van der Waals surface area (Å²) in [5.74, 6) is 0.266. The summed E-state index contributed by atoms with van der Waals surface area (Å²) < 4.78 is 15.7. The molecule has 2 aromatic heterocycles. The molecule has 4 aromatic rings. The summed E-state index contributed by atoms with van der Waals surface area (Å²) in [6, 6.07) is 17.3. The maximum atomic E-state index is 13.5. The maximum absolute atomic E-state index is 13.5. The first kappa shape index (κ1) is 19.6. The van der Waals surface area contributed by atoms with E-state index in [1.807, 2.05) is 24.3 Å². The summed E-state index contributed by atoms with van der Waals surface area (Å²) in [4.78, 5) is 17.2. The summed E-state index contributed by atoms with van der Waals surface area (Å²) in [6.07, 6.45) is 3.65. The first-order valence-electron chi connectivity index (χ1n) is 9.87. The van der Waals surface area contributed by atoms with Gasteiger partial charge in [-0.1, -0.05) is 19.9 Å². The smallest absolute Gasteiger partial charge is 0.259 e. The van der Waals surface area contributed by atoms with Crippen molar-refractivity contribution in [3.05, 3.63) is 84.4 Å². The third kappa shape index (κ3) is 4.33. The molecule has 2 aromatic carbocycles. The molecule has 0 atom stereocenters. The Morgan fingerprint density at radius 3 is 2.73 bits per heavy atom. The molecular formula is C24H23FN4O. The van der Waals surface area contributed by atoms with E-state index in [-0.39, 0.29) is 11.7 Å². The number of carbonyl (C=O) groups excluding carboxylic acids is 1. The molecule has 0 fully saturated rings. The van der Waals surface area contributed by atoms with Gasteiger partial charge >= 0.3 is 0 Å². The van der Waals surface area contributed by atoms with E-state index in [0.717, 1.165) is 17.4 Å². The monoisotopic (exact) mass is 402 g/mol. The zero-order chi connectivity index (χ0) is 21.1. The highest BCUT2D eigenvalue weighted by Gasteiger charge is 2.14. The van der Waals surface area contributed by atoms with E-state index >= 15 is 0 Å². The van der Waals surface area contributed by atoms with E-state index in [0.29, 0.717) is 28.7 Å². The van der Waals surface area contributed by atoms with E-state index in [4.69, 9.17) is 0 Å². The highest BCUT2D eigenvalue weighted by Crippen LogP contribution is 2.24. The lowest BCUT2D eigenvalue weighted by Gasteiger charge is -2.12. The van der Waals surface area contributed by atoms with Crippen LogP contribution in [0.3, 0.4) is 0 Å². The number of pyridine rings is 1. The molecule has 0 bridgehead atoms. The van der Waals surface area contributed by atoms with Crippen LogP contribution in [0.25, 0.3) is 10.9 Å². The van der Waals surface area contributed by atoms with Crippen LogP contribution in [-0.4, -0.2) is 15.5 Å². The average molecular weight is 402 g/mol. The van der Waals surface area contributed by atoms with E-state index in [9.17, 15) is 9.18 Å². The lowest BCUT2D eigenvalue weighted by atomic mass is 10.2. The van der Waals surface area contributed by atoms with Crippen LogP contribution >= 0.6 is 0 Å². The quantitative estimate of drug-likeness (QED) is 0.427. The molecule has 0 spiro atoms.